The number of carbonyl (C=O) groups excluding carboxylic acids is 1. The maximum atomic E-state index is 12.3. The van der Waals surface area contributed by atoms with Gasteiger partial charge in [0, 0.05) is 31.4 Å². The van der Waals surface area contributed by atoms with Crippen LogP contribution in [0.1, 0.15) is 22.1 Å². The summed E-state index contributed by atoms with van der Waals surface area (Å²) in [6.45, 7) is 0.682. The summed E-state index contributed by atoms with van der Waals surface area (Å²) in [6.07, 6.45) is 4.11. The van der Waals surface area contributed by atoms with Crippen LogP contribution in [0.2, 0.25) is 0 Å². The Bertz CT molecular complexity index is 1140. The second-order valence-electron chi connectivity index (χ2n) is 5.98. The predicted molar refractivity (Wildman–Crippen MR) is 97.5 cm³/mol. The highest BCUT2D eigenvalue weighted by Crippen LogP contribution is 2.09. The molecule has 8 heteroatoms. The van der Waals surface area contributed by atoms with Crippen molar-refractivity contribution in [1.82, 2.24) is 24.5 Å². The van der Waals surface area contributed by atoms with Crippen molar-refractivity contribution in [2.24, 2.45) is 0 Å². The molecule has 0 aliphatic heterocycles. The van der Waals surface area contributed by atoms with Crippen LogP contribution in [0.25, 0.3) is 5.65 Å². The third-order valence-corrected chi connectivity index (χ3v) is 4.13. The molecule has 4 rings (SSSR count). The molecule has 4 aromatic rings. The number of hydrogen-bond acceptors (Lipinski definition) is 5. The Balaban J connectivity index is 1.36. The average Bonchev–Trinajstić information content (AvgIpc) is 3.31. The molecule has 0 atom stereocenters. The fourth-order valence-corrected chi connectivity index (χ4v) is 2.78. The van der Waals surface area contributed by atoms with Gasteiger partial charge in [-0.15, -0.1) is 10.2 Å². The quantitative estimate of drug-likeness (QED) is 0.560. The molecule has 0 radical (unpaired) electrons. The summed E-state index contributed by atoms with van der Waals surface area (Å²) in [5, 5.41) is 11.0. The van der Waals surface area contributed by atoms with Crippen LogP contribution in [0, 0.1) is 0 Å². The maximum absolute atomic E-state index is 12.3. The largest absolute Gasteiger partial charge is 0.454 e. The molecule has 0 bridgehead atoms. The van der Waals surface area contributed by atoms with Gasteiger partial charge in [0.05, 0.1) is 6.54 Å². The summed E-state index contributed by atoms with van der Waals surface area (Å²) < 4.78 is 8.95. The molecule has 0 saturated carbocycles. The van der Waals surface area contributed by atoms with Crippen LogP contribution in [0.15, 0.2) is 70.1 Å². The summed E-state index contributed by atoms with van der Waals surface area (Å²) in [5.41, 5.74) is 0.645. The lowest BCUT2D eigenvalue weighted by Crippen LogP contribution is -2.25. The molecule has 0 aromatic carbocycles. The minimum atomic E-state index is -0.310. The van der Waals surface area contributed by atoms with Crippen molar-refractivity contribution in [2.45, 2.75) is 13.0 Å². The van der Waals surface area contributed by atoms with Crippen LogP contribution in [0.3, 0.4) is 0 Å². The van der Waals surface area contributed by atoms with E-state index in [1.165, 1.54) is 10.6 Å². The van der Waals surface area contributed by atoms with E-state index in [0.717, 1.165) is 11.5 Å². The molecule has 1 amide bonds. The molecule has 0 saturated heterocycles. The SMILES string of the molecule is O=C(NCCc1nnc2ccccn12)c1ccc(Cn2ccccc2=O)o1. The Morgan fingerprint density at radius 3 is 2.78 bits per heavy atom. The van der Waals surface area contributed by atoms with E-state index in [4.69, 9.17) is 4.42 Å². The van der Waals surface area contributed by atoms with Gasteiger partial charge < -0.3 is 14.3 Å². The summed E-state index contributed by atoms with van der Waals surface area (Å²) in [7, 11) is 0. The van der Waals surface area contributed by atoms with Crippen LogP contribution in [-0.4, -0.2) is 31.6 Å². The van der Waals surface area contributed by atoms with E-state index in [1.54, 1.807) is 30.5 Å². The number of amides is 1. The lowest BCUT2D eigenvalue weighted by molar-refractivity contribution is 0.0924. The Kier molecular flexibility index (Phi) is 4.52. The monoisotopic (exact) mass is 363 g/mol. The number of carbonyl (C=O) groups is 1. The van der Waals surface area contributed by atoms with Crippen molar-refractivity contribution < 1.29 is 9.21 Å². The summed E-state index contributed by atoms with van der Waals surface area (Å²) in [4.78, 5) is 24.0. The molecule has 0 aliphatic carbocycles. The topological polar surface area (TPSA) is 94.4 Å². The van der Waals surface area contributed by atoms with Gasteiger partial charge in [0.25, 0.3) is 11.5 Å². The molecule has 8 nitrogen and oxygen atoms in total. The fourth-order valence-electron chi connectivity index (χ4n) is 2.78. The highest BCUT2D eigenvalue weighted by Gasteiger charge is 2.12. The van der Waals surface area contributed by atoms with Crippen molar-refractivity contribution in [3.05, 3.63) is 88.6 Å². The molecular weight excluding hydrogens is 346 g/mol. The zero-order chi connectivity index (χ0) is 18.6. The Morgan fingerprint density at radius 1 is 1.04 bits per heavy atom. The van der Waals surface area contributed by atoms with Gasteiger partial charge in [0.2, 0.25) is 0 Å². The van der Waals surface area contributed by atoms with Gasteiger partial charge in [-0.1, -0.05) is 12.1 Å². The molecule has 0 aliphatic rings. The number of hydrogen-bond donors (Lipinski definition) is 1. The van der Waals surface area contributed by atoms with E-state index in [0.29, 0.717) is 18.7 Å². The molecule has 27 heavy (non-hydrogen) atoms. The van der Waals surface area contributed by atoms with Crippen LogP contribution in [0.4, 0.5) is 0 Å². The van der Waals surface area contributed by atoms with Crippen molar-refractivity contribution in [3.63, 3.8) is 0 Å². The van der Waals surface area contributed by atoms with E-state index in [2.05, 4.69) is 15.5 Å². The van der Waals surface area contributed by atoms with E-state index in [9.17, 15) is 9.59 Å². The van der Waals surface area contributed by atoms with E-state index >= 15 is 0 Å². The standard InChI is InChI=1S/C19H17N5O3/c25-18-6-2-3-11-23(18)13-14-7-8-15(27-14)19(26)20-10-9-17-22-21-16-5-1-4-12-24(16)17/h1-8,11-12H,9-10,13H2,(H,20,26). The van der Waals surface area contributed by atoms with Gasteiger partial charge in [0.1, 0.15) is 11.6 Å². The molecule has 1 N–H and O–H groups in total. The molecule has 136 valence electrons. The average molecular weight is 363 g/mol. The summed E-state index contributed by atoms with van der Waals surface area (Å²) in [5.74, 6) is 1.21. The number of furan rings is 1. The van der Waals surface area contributed by atoms with Gasteiger partial charge in [-0.25, -0.2) is 0 Å². The zero-order valence-electron chi connectivity index (χ0n) is 14.4. The fraction of sp³-hybridized carbons (Fsp3) is 0.158. The zero-order valence-corrected chi connectivity index (χ0v) is 14.4. The highest BCUT2D eigenvalue weighted by molar-refractivity contribution is 5.91. The Hall–Kier alpha value is -3.68. The Morgan fingerprint density at radius 2 is 1.89 bits per heavy atom. The van der Waals surface area contributed by atoms with E-state index < -0.39 is 0 Å². The minimum absolute atomic E-state index is 0.125. The van der Waals surface area contributed by atoms with Gasteiger partial charge in [0.15, 0.2) is 11.4 Å². The lowest BCUT2D eigenvalue weighted by atomic mass is 10.3. The first-order valence-corrected chi connectivity index (χ1v) is 8.52. The number of rotatable bonds is 6. The van der Waals surface area contributed by atoms with E-state index in [1.807, 2.05) is 28.8 Å². The molecule has 4 heterocycles. The predicted octanol–water partition coefficient (Wildman–Crippen LogP) is 1.50. The molecule has 0 unspecified atom stereocenters. The highest BCUT2D eigenvalue weighted by atomic mass is 16.4. The smallest absolute Gasteiger partial charge is 0.287 e. The lowest BCUT2D eigenvalue weighted by Gasteiger charge is -2.03. The second kappa shape index (κ2) is 7.28. The third-order valence-electron chi connectivity index (χ3n) is 4.13. The molecule has 0 spiro atoms. The molecule has 0 fully saturated rings. The van der Waals surface area contributed by atoms with Gasteiger partial charge in [-0.3, -0.25) is 14.0 Å². The molecular formula is C19H17N5O3. The Labute approximate surface area is 154 Å². The minimum Gasteiger partial charge on any atom is -0.454 e. The normalized spacial score (nSPS) is 11.0. The third kappa shape index (κ3) is 3.64. The van der Waals surface area contributed by atoms with Crippen LogP contribution in [-0.2, 0) is 13.0 Å². The summed E-state index contributed by atoms with van der Waals surface area (Å²) >= 11 is 0. The number of nitrogens with one attached hydrogen (secondary N) is 1. The first-order valence-electron chi connectivity index (χ1n) is 8.52. The van der Waals surface area contributed by atoms with Crippen molar-refractivity contribution in [3.8, 4) is 0 Å². The first kappa shape index (κ1) is 16.8. The van der Waals surface area contributed by atoms with Gasteiger partial charge in [-0.2, -0.15) is 0 Å². The number of nitrogens with zero attached hydrogens (tertiary/aromatic N) is 4. The number of pyridine rings is 2. The summed E-state index contributed by atoms with van der Waals surface area (Å²) in [6, 6.07) is 13.9. The van der Waals surface area contributed by atoms with Crippen molar-refractivity contribution in [2.75, 3.05) is 6.54 Å². The number of fused-ring (bicyclic) bond motifs is 1. The van der Waals surface area contributed by atoms with Crippen molar-refractivity contribution in [1.29, 1.82) is 0 Å². The maximum Gasteiger partial charge on any atom is 0.287 e. The first-order chi connectivity index (χ1) is 13.2. The van der Waals surface area contributed by atoms with Crippen LogP contribution < -0.4 is 10.9 Å². The van der Waals surface area contributed by atoms with E-state index in [-0.39, 0.29) is 23.8 Å². The van der Waals surface area contributed by atoms with Gasteiger partial charge >= 0.3 is 0 Å². The second-order valence-corrected chi connectivity index (χ2v) is 5.98. The van der Waals surface area contributed by atoms with Crippen molar-refractivity contribution >= 4 is 11.6 Å². The number of aromatic nitrogens is 4. The molecule has 4 aromatic heterocycles. The van der Waals surface area contributed by atoms with Gasteiger partial charge in [-0.05, 0) is 30.3 Å². The van der Waals surface area contributed by atoms with Crippen LogP contribution >= 0.6 is 0 Å². The van der Waals surface area contributed by atoms with Crippen LogP contribution in [0.5, 0.6) is 0 Å².